The molecule has 0 unspecified atom stereocenters. The SMILES string of the molecule is CC(C)c1ccc(Cn2nnc(CO)c2-c2cccs2)cc1. The highest BCUT2D eigenvalue weighted by Crippen LogP contribution is 2.27. The van der Waals surface area contributed by atoms with Crippen LogP contribution in [-0.2, 0) is 13.2 Å². The van der Waals surface area contributed by atoms with Crippen molar-refractivity contribution in [2.45, 2.75) is 32.9 Å². The maximum atomic E-state index is 9.48. The van der Waals surface area contributed by atoms with Gasteiger partial charge in [-0.15, -0.1) is 16.4 Å². The van der Waals surface area contributed by atoms with Crippen molar-refractivity contribution in [2.75, 3.05) is 0 Å². The molecule has 0 fully saturated rings. The molecule has 0 atom stereocenters. The Balaban J connectivity index is 1.91. The minimum absolute atomic E-state index is 0.0977. The van der Waals surface area contributed by atoms with Crippen LogP contribution >= 0.6 is 11.3 Å². The van der Waals surface area contributed by atoms with Gasteiger partial charge in [0.1, 0.15) is 11.4 Å². The van der Waals surface area contributed by atoms with Crippen molar-refractivity contribution in [1.82, 2.24) is 15.0 Å². The maximum Gasteiger partial charge on any atom is 0.117 e. The van der Waals surface area contributed by atoms with Gasteiger partial charge in [-0.25, -0.2) is 4.68 Å². The van der Waals surface area contributed by atoms with Crippen LogP contribution in [-0.4, -0.2) is 20.1 Å². The largest absolute Gasteiger partial charge is 0.390 e. The molecule has 5 heteroatoms. The van der Waals surface area contributed by atoms with E-state index >= 15 is 0 Å². The van der Waals surface area contributed by atoms with E-state index in [1.165, 1.54) is 11.1 Å². The predicted molar refractivity (Wildman–Crippen MR) is 88.9 cm³/mol. The zero-order chi connectivity index (χ0) is 15.5. The Morgan fingerprint density at radius 2 is 1.95 bits per heavy atom. The molecule has 2 aromatic heterocycles. The quantitative estimate of drug-likeness (QED) is 0.782. The number of aliphatic hydroxyl groups is 1. The van der Waals surface area contributed by atoms with Crippen molar-refractivity contribution in [2.24, 2.45) is 0 Å². The molecule has 0 radical (unpaired) electrons. The highest BCUT2D eigenvalue weighted by molar-refractivity contribution is 7.13. The molecule has 3 rings (SSSR count). The molecule has 0 bridgehead atoms. The second-order valence-electron chi connectivity index (χ2n) is 5.57. The van der Waals surface area contributed by atoms with E-state index in [4.69, 9.17) is 0 Å². The predicted octanol–water partition coefficient (Wildman–Crippen LogP) is 3.67. The number of nitrogens with zero attached hydrogens (tertiary/aromatic N) is 3. The van der Waals surface area contributed by atoms with Crippen molar-refractivity contribution >= 4 is 11.3 Å². The van der Waals surface area contributed by atoms with Crippen LogP contribution in [0.4, 0.5) is 0 Å². The van der Waals surface area contributed by atoms with Crippen molar-refractivity contribution in [1.29, 1.82) is 0 Å². The monoisotopic (exact) mass is 313 g/mol. The van der Waals surface area contributed by atoms with Crippen molar-refractivity contribution in [3.8, 4) is 10.6 Å². The van der Waals surface area contributed by atoms with Gasteiger partial charge in [-0.2, -0.15) is 0 Å². The summed E-state index contributed by atoms with van der Waals surface area (Å²) in [7, 11) is 0. The lowest BCUT2D eigenvalue weighted by molar-refractivity contribution is 0.277. The second kappa shape index (κ2) is 6.42. The molecule has 0 amide bonds. The maximum absolute atomic E-state index is 9.48. The van der Waals surface area contributed by atoms with Gasteiger partial charge in [-0.3, -0.25) is 0 Å². The van der Waals surface area contributed by atoms with E-state index in [2.05, 4.69) is 48.4 Å². The first kappa shape index (κ1) is 14.9. The van der Waals surface area contributed by atoms with E-state index in [1.54, 1.807) is 11.3 Å². The molecule has 0 saturated heterocycles. The highest BCUT2D eigenvalue weighted by atomic mass is 32.1. The molecule has 0 aliphatic rings. The molecule has 1 aromatic carbocycles. The minimum atomic E-state index is -0.0977. The van der Waals surface area contributed by atoms with Gasteiger partial charge in [-0.05, 0) is 28.5 Å². The average Bonchev–Trinajstić information content (AvgIpc) is 3.16. The molecular weight excluding hydrogens is 294 g/mol. The van der Waals surface area contributed by atoms with Crippen LogP contribution in [0.25, 0.3) is 10.6 Å². The van der Waals surface area contributed by atoms with E-state index in [0.717, 1.165) is 10.6 Å². The molecule has 1 N–H and O–H groups in total. The number of hydrogen-bond acceptors (Lipinski definition) is 4. The van der Waals surface area contributed by atoms with Crippen LogP contribution in [0.1, 0.15) is 36.6 Å². The summed E-state index contributed by atoms with van der Waals surface area (Å²) in [6.07, 6.45) is 0. The van der Waals surface area contributed by atoms with E-state index in [-0.39, 0.29) is 6.61 Å². The molecule has 22 heavy (non-hydrogen) atoms. The lowest BCUT2D eigenvalue weighted by atomic mass is 10.0. The number of hydrogen-bond donors (Lipinski definition) is 1. The minimum Gasteiger partial charge on any atom is -0.390 e. The topological polar surface area (TPSA) is 50.9 Å². The normalized spacial score (nSPS) is 11.3. The van der Waals surface area contributed by atoms with E-state index < -0.39 is 0 Å². The Labute approximate surface area is 134 Å². The van der Waals surface area contributed by atoms with Crippen LogP contribution in [0.2, 0.25) is 0 Å². The first-order valence-electron chi connectivity index (χ1n) is 7.35. The lowest BCUT2D eigenvalue weighted by Gasteiger charge is -2.09. The van der Waals surface area contributed by atoms with Crippen LogP contribution < -0.4 is 0 Å². The molecule has 3 aromatic rings. The smallest absolute Gasteiger partial charge is 0.117 e. The molecule has 0 aliphatic heterocycles. The van der Waals surface area contributed by atoms with E-state index in [9.17, 15) is 5.11 Å². The van der Waals surface area contributed by atoms with Crippen LogP contribution in [0.5, 0.6) is 0 Å². The number of aliphatic hydroxyl groups excluding tert-OH is 1. The Hall–Kier alpha value is -1.98. The zero-order valence-corrected chi connectivity index (χ0v) is 13.5. The van der Waals surface area contributed by atoms with Crippen LogP contribution in [0, 0.1) is 0 Å². The van der Waals surface area contributed by atoms with Gasteiger partial charge >= 0.3 is 0 Å². The second-order valence-corrected chi connectivity index (χ2v) is 6.52. The van der Waals surface area contributed by atoms with Gasteiger partial charge in [0.2, 0.25) is 0 Å². The lowest BCUT2D eigenvalue weighted by Crippen LogP contribution is -2.04. The van der Waals surface area contributed by atoms with Gasteiger partial charge < -0.3 is 5.11 Å². The Morgan fingerprint density at radius 1 is 1.18 bits per heavy atom. The molecular formula is C17H19N3OS. The van der Waals surface area contributed by atoms with Crippen LogP contribution in [0.3, 0.4) is 0 Å². The van der Waals surface area contributed by atoms with Gasteiger partial charge in [0, 0.05) is 0 Å². The molecule has 0 spiro atoms. The van der Waals surface area contributed by atoms with Crippen molar-refractivity contribution in [3.63, 3.8) is 0 Å². The first-order chi connectivity index (χ1) is 10.7. The fraction of sp³-hybridized carbons (Fsp3) is 0.294. The molecule has 0 saturated carbocycles. The van der Waals surface area contributed by atoms with E-state index in [1.807, 2.05) is 22.2 Å². The summed E-state index contributed by atoms with van der Waals surface area (Å²) in [4.78, 5) is 1.08. The standard InChI is InChI=1S/C17H19N3OS/c1-12(2)14-7-5-13(6-8-14)10-20-17(15(11-21)18-19-20)16-4-3-9-22-16/h3-9,12,21H,10-11H2,1-2H3. The summed E-state index contributed by atoms with van der Waals surface area (Å²) in [5.74, 6) is 0.531. The highest BCUT2D eigenvalue weighted by Gasteiger charge is 2.15. The summed E-state index contributed by atoms with van der Waals surface area (Å²) in [5, 5.41) is 19.8. The van der Waals surface area contributed by atoms with Gasteiger partial charge in [0.25, 0.3) is 0 Å². The Kier molecular flexibility index (Phi) is 4.36. The Morgan fingerprint density at radius 3 is 2.55 bits per heavy atom. The summed E-state index contributed by atoms with van der Waals surface area (Å²) >= 11 is 1.63. The molecule has 0 aliphatic carbocycles. The number of aromatic nitrogens is 3. The summed E-state index contributed by atoms with van der Waals surface area (Å²) in [5.41, 5.74) is 4.04. The summed E-state index contributed by atoms with van der Waals surface area (Å²) in [6, 6.07) is 12.6. The third-order valence-electron chi connectivity index (χ3n) is 3.69. The third-order valence-corrected chi connectivity index (χ3v) is 4.56. The number of benzene rings is 1. The first-order valence-corrected chi connectivity index (χ1v) is 8.23. The van der Waals surface area contributed by atoms with E-state index in [0.29, 0.717) is 18.2 Å². The summed E-state index contributed by atoms with van der Waals surface area (Å²) < 4.78 is 1.86. The fourth-order valence-electron chi connectivity index (χ4n) is 2.43. The molecule has 114 valence electrons. The Bertz CT molecular complexity index is 730. The third kappa shape index (κ3) is 2.96. The van der Waals surface area contributed by atoms with Crippen molar-refractivity contribution in [3.05, 3.63) is 58.6 Å². The van der Waals surface area contributed by atoms with Gasteiger partial charge in [0.15, 0.2) is 0 Å². The van der Waals surface area contributed by atoms with Crippen LogP contribution in [0.15, 0.2) is 41.8 Å². The molecule has 2 heterocycles. The number of thiophene rings is 1. The summed E-state index contributed by atoms with van der Waals surface area (Å²) in [6.45, 7) is 4.93. The van der Waals surface area contributed by atoms with Crippen molar-refractivity contribution < 1.29 is 5.11 Å². The van der Waals surface area contributed by atoms with Gasteiger partial charge in [-0.1, -0.05) is 49.4 Å². The van der Waals surface area contributed by atoms with Gasteiger partial charge in [0.05, 0.1) is 18.0 Å². The fourth-order valence-corrected chi connectivity index (χ4v) is 3.23. The molecule has 4 nitrogen and oxygen atoms in total. The average molecular weight is 313 g/mol. The number of rotatable bonds is 5. The zero-order valence-electron chi connectivity index (χ0n) is 12.7.